The number of piperidine rings is 1. The molecule has 1 saturated heterocycles. The Bertz CT molecular complexity index is 809. The van der Waals surface area contributed by atoms with Crippen molar-refractivity contribution in [2.24, 2.45) is 5.92 Å². The lowest BCUT2D eigenvalue weighted by Gasteiger charge is -2.31. The molecule has 150 valence electrons. The lowest BCUT2D eigenvalue weighted by atomic mass is 9.95. The van der Waals surface area contributed by atoms with E-state index in [4.69, 9.17) is 9.26 Å². The Kier molecular flexibility index (Phi) is 6.68. The number of carbonyl (C=O) groups excluding carboxylic acids is 2. The third-order valence-electron chi connectivity index (χ3n) is 4.98. The van der Waals surface area contributed by atoms with Crippen molar-refractivity contribution >= 4 is 17.6 Å². The van der Waals surface area contributed by atoms with Crippen molar-refractivity contribution < 1.29 is 18.8 Å². The summed E-state index contributed by atoms with van der Waals surface area (Å²) in [6, 6.07) is 9.55. The van der Waals surface area contributed by atoms with Crippen molar-refractivity contribution in [1.82, 2.24) is 10.1 Å². The summed E-state index contributed by atoms with van der Waals surface area (Å²) < 4.78 is 10.7. The average Bonchev–Trinajstić information content (AvgIpc) is 3.11. The van der Waals surface area contributed by atoms with E-state index in [1.165, 1.54) is 0 Å². The van der Waals surface area contributed by atoms with Gasteiger partial charge < -0.3 is 19.5 Å². The average molecular weight is 385 g/mol. The molecule has 1 N–H and O–H groups in total. The maximum Gasteiger partial charge on any atom is 0.228 e. The number of anilines is 1. The van der Waals surface area contributed by atoms with Crippen LogP contribution in [0, 0.1) is 19.8 Å². The molecule has 1 aromatic heterocycles. The zero-order valence-corrected chi connectivity index (χ0v) is 16.4. The lowest BCUT2D eigenvalue weighted by Crippen LogP contribution is -2.41. The van der Waals surface area contributed by atoms with Gasteiger partial charge in [0.2, 0.25) is 11.8 Å². The van der Waals surface area contributed by atoms with Gasteiger partial charge in [0.05, 0.1) is 6.61 Å². The third kappa shape index (κ3) is 5.34. The Hall–Kier alpha value is -2.83. The zero-order valence-electron chi connectivity index (χ0n) is 16.4. The van der Waals surface area contributed by atoms with Crippen LogP contribution in [0.5, 0.6) is 5.75 Å². The number of likely N-dealkylation sites (tertiary alicyclic amines) is 1. The number of carbonyl (C=O) groups is 2. The molecule has 0 aliphatic carbocycles. The van der Waals surface area contributed by atoms with E-state index >= 15 is 0 Å². The number of para-hydroxylation sites is 1. The Morgan fingerprint density at radius 3 is 2.68 bits per heavy atom. The van der Waals surface area contributed by atoms with Gasteiger partial charge in [-0.1, -0.05) is 23.4 Å². The Balaban J connectivity index is 1.35. The van der Waals surface area contributed by atoms with Crippen LogP contribution in [0.3, 0.4) is 0 Å². The van der Waals surface area contributed by atoms with Gasteiger partial charge in [-0.2, -0.15) is 0 Å². The second-order valence-electron chi connectivity index (χ2n) is 7.18. The largest absolute Gasteiger partial charge is 0.493 e. The number of ether oxygens (including phenoxy) is 1. The number of hydrogen-bond donors (Lipinski definition) is 1. The summed E-state index contributed by atoms with van der Waals surface area (Å²) >= 11 is 0. The number of nitrogens with one attached hydrogen (secondary N) is 1. The minimum Gasteiger partial charge on any atom is -0.493 e. The van der Waals surface area contributed by atoms with Gasteiger partial charge in [-0.15, -0.1) is 0 Å². The van der Waals surface area contributed by atoms with Gasteiger partial charge in [0.25, 0.3) is 0 Å². The van der Waals surface area contributed by atoms with Crippen molar-refractivity contribution in [2.75, 3.05) is 25.0 Å². The first-order chi connectivity index (χ1) is 13.5. The van der Waals surface area contributed by atoms with Crippen LogP contribution in [0.1, 0.15) is 37.0 Å². The number of amides is 2. The van der Waals surface area contributed by atoms with E-state index < -0.39 is 0 Å². The molecule has 2 amide bonds. The predicted octanol–water partition coefficient (Wildman–Crippen LogP) is 3.33. The molecule has 1 aliphatic heterocycles. The monoisotopic (exact) mass is 385 g/mol. The van der Waals surface area contributed by atoms with Crippen LogP contribution in [0.25, 0.3) is 0 Å². The third-order valence-corrected chi connectivity index (χ3v) is 4.98. The second-order valence-corrected chi connectivity index (χ2v) is 7.18. The van der Waals surface area contributed by atoms with Crippen molar-refractivity contribution in [2.45, 2.75) is 39.5 Å². The fourth-order valence-electron chi connectivity index (χ4n) is 3.33. The van der Waals surface area contributed by atoms with Gasteiger partial charge in [-0.05, 0) is 44.7 Å². The second kappa shape index (κ2) is 9.39. The fraction of sp³-hybridized carbons (Fsp3) is 0.476. The van der Waals surface area contributed by atoms with Crippen LogP contribution in [0.2, 0.25) is 0 Å². The number of aryl methyl sites for hydroxylation is 2. The molecule has 1 aromatic carbocycles. The van der Waals surface area contributed by atoms with Gasteiger partial charge in [0, 0.05) is 31.5 Å². The predicted molar refractivity (Wildman–Crippen MR) is 105 cm³/mol. The number of benzene rings is 1. The van der Waals surface area contributed by atoms with Crippen LogP contribution >= 0.6 is 0 Å². The summed E-state index contributed by atoms with van der Waals surface area (Å²) in [5.41, 5.74) is 1.09. The maximum absolute atomic E-state index is 12.4. The van der Waals surface area contributed by atoms with E-state index in [1.54, 1.807) is 13.0 Å². The number of rotatable bonds is 7. The van der Waals surface area contributed by atoms with Gasteiger partial charge >= 0.3 is 0 Å². The van der Waals surface area contributed by atoms with Crippen molar-refractivity contribution in [3.63, 3.8) is 0 Å². The SMILES string of the molecule is Cc1cc(NC(=O)C2CCN(C(=O)CCCOc3ccccc3C)CC2)no1. The van der Waals surface area contributed by atoms with Crippen molar-refractivity contribution in [1.29, 1.82) is 0 Å². The van der Waals surface area contributed by atoms with Crippen LogP contribution in [-0.2, 0) is 9.59 Å². The molecular weight excluding hydrogens is 358 g/mol. The minimum atomic E-state index is -0.106. The molecule has 7 nitrogen and oxygen atoms in total. The molecule has 2 aromatic rings. The summed E-state index contributed by atoms with van der Waals surface area (Å²) in [6.45, 7) is 5.51. The minimum absolute atomic E-state index is 0.0629. The summed E-state index contributed by atoms with van der Waals surface area (Å²) in [5, 5.41) is 6.55. The number of hydrogen-bond acceptors (Lipinski definition) is 5. The molecule has 1 fully saturated rings. The van der Waals surface area contributed by atoms with Gasteiger partial charge in [-0.25, -0.2) is 0 Å². The summed E-state index contributed by atoms with van der Waals surface area (Å²) in [4.78, 5) is 26.6. The maximum atomic E-state index is 12.4. The van der Waals surface area contributed by atoms with Crippen molar-refractivity contribution in [3.05, 3.63) is 41.7 Å². The molecule has 0 radical (unpaired) electrons. The van der Waals surface area contributed by atoms with E-state index in [-0.39, 0.29) is 17.7 Å². The van der Waals surface area contributed by atoms with E-state index in [2.05, 4.69) is 10.5 Å². The number of aromatic nitrogens is 1. The highest BCUT2D eigenvalue weighted by molar-refractivity contribution is 5.91. The molecule has 0 saturated carbocycles. The lowest BCUT2D eigenvalue weighted by molar-refractivity contribution is -0.134. The standard InChI is InChI=1S/C21H27N3O4/c1-15-6-3-4-7-18(15)27-13-5-8-20(25)24-11-9-17(10-12-24)21(26)22-19-14-16(2)28-23-19/h3-4,6-7,14,17H,5,8-13H2,1-2H3,(H,22,23,26). The molecule has 7 heteroatoms. The van der Waals surface area contributed by atoms with E-state index in [1.807, 2.05) is 36.1 Å². The topological polar surface area (TPSA) is 84.7 Å². The van der Waals surface area contributed by atoms with Crippen LogP contribution in [0.15, 0.2) is 34.9 Å². The summed E-state index contributed by atoms with van der Waals surface area (Å²) in [7, 11) is 0. The van der Waals surface area contributed by atoms with E-state index in [9.17, 15) is 9.59 Å². The molecule has 0 bridgehead atoms. The first-order valence-corrected chi connectivity index (χ1v) is 9.73. The molecular formula is C21H27N3O4. The molecule has 28 heavy (non-hydrogen) atoms. The van der Waals surface area contributed by atoms with Gasteiger partial charge in [-0.3, -0.25) is 9.59 Å². The van der Waals surface area contributed by atoms with Crippen LogP contribution < -0.4 is 10.1 Å². The first-order valence-electron chi connectivity index (χ1n) is 9.73. The van der Waals surface area contributed by atoms with E-state index in [0.29, 0.717) is 57.0 Å². The Morgan fingerprint density at radius 2 is 2.00 bits per heavy atom. The fourth-order valence-corrected chi connectivity index (χ4v) is 3.33. The van der Waals surface area contributed by atoms with Crippen LogP contribution in [-0.4, -0.2) is 41.6 Å². The molecule has 2 heterocycles. The van der Waals surface area contributed by atoms with Crippen LogP contribution in [0.4, 0.5) is 5.82 Å². The number of nitrogens with zero attached hydrogens (tertiary/aromatic N) is 2. The molecule has 0 atom stereocenters. The quantitative estimate of drug-likeness (QED) is 0.739. The molecule has 3 rings (SSSR count). The normalized spacial score (nSPS) is 14.7. The van der Waals surface area contributed by atoms with Gasteiger partial charge in [0.1, 0.15) is 11.5 Å². The molecule has 0 unspecified atom stereocenters. The molecule has 1 aliphatic rings. The van der Waals surface area contributed by atoms with Crippen molar-refractivity contribution in [3.8, 4) is 5.75 Å². The van der Waals surface area contributed by atoms with E-state index in [0.717, 1.165) is 11.3 Å². The highest BCUT2D eigenvalue weighted by Crippen LogP contribution is 2.21. The first kappa shape index (κ1) is 19.9. The molecule has 0 spiro atoms. The Labute approximate surface area is 165 Å². The zero-order chi connectivity index (χ0) is 19.9. The summed E-state index contributed by atoms with van der Waals surface area (Å²) in [6.07, 6.45) is 2.46. The highest BCUT2D eigenvalue weighted by Gasteiger charge is 2.27. The van der Waals surface area contributed by atoms with Gasteiger partial charge in [0.15, 0.2) is 5.82 Å². The Morgan fingerprint density at radius 1 is 1.25 bits per heavy atom. The smallest absolute Gasteiger partial charge is 0.228 e. The highest BCUT2D eigenvalue weighted by atomic mass is 16.5. The summed E-state index contributed by atoms with van der Waals surface area (Å²) in [5.74, 6) is 1.91.